The average molecular weight is 236 g/mol. The maximum absolute atomic E-state index is 5.66. The molecule has 5 heteroatoms. The standard InChI is InChI=1S/C12H20N4O/c1-3-10-8-16(5-6-17-10)12-7-11(13-4-2)14-9-15-12/h7,9-10H,3-6,8H2,1-2H3,(H,13,14,15). The summed E-state index contributed by atoms with van der Waals surface area (Å²) in [5.74, 6) is 1.87. The Bertz CT molecular complexity index is 358. The number of hydrogen-bond acceptors (Lipinski definition) is 5. The third kappa shape index (κ3) is 3.06. The van der Waals surface area contributed by atoms with Gasteiger partial charge in [-0.2, -0.15) is 0 Å². The molecule has 5 nitrogen and oxygen atoms in total. The first-order chi connectivity index (χ1) is 8.33. The largest absolute Gasteiger partial charge is 0.375 e. The zero-order valence-corrected chi connectivity index (χ0v) is 10.5. The molecule has 1 aromatic heterocycles. The topological polar surface area (TPSA) is 50.3 Å². The van der Waals surface area contributed by atoms with Gasteiger partial charge in [0.1, 0.15) is 18.0 Å². The van der Waals surface area contributed by atoms with Crippen molar-refractivity contribution >= 4 is 11.6 Å². The third-order valence-electron chi connectivity index (χ3n) is 2.93. The van der Waals surface area contributed by atoms with Crippen molar-refractivity contribution in [2.45, 2.75) is 26.4 Å². The van der Waals surface area contributed by atoms with E-state index in [0.29, 0.717) is 6.10 Å². The summed E-state index contributed by atoms with van der Waals surface area (Å²) >= 11 is 0. The number of anilines is 2. The Kier molecular flexibility index (Phi) is 4.14. The molecule has 2 heterocycles. The van der Waals surface area contributed by atoms with Crippen molar-refractivity contribution in [1.29, 1.82) is 0 Å². The van der Waals surface area contributed by atoms with Crippen molar-refractivity contribution in [2.24, 2.45) is 0 Å². The molecule has 0 spiro atoms. The molecular formula is C12H20N4O. The highest BCUT2D eigenvalue weighted by Gasteiger charge is 2.20. The molecule has 1 saturated heterocycles. The molecule has 94 valence electrons. The van der Waals surface area contributed by atoms with Crippen LogP contribution in [-0.2, 0) is 4.74 Å². The maximum atomic E-state index is 5.66. The van der Waals surface area contributed by atoms with Crippen LogP contribution in [0.25, 0.3) is 0 Å². The van der Waals surface area contributed by atoms with E-state index in [1.165, 1.54) is 0 Å². The summed E-state index contributed by atoms with van der Waals surface area (Å²) in [5, 5.41) is 3.20. The van der Waals surface area contributed by atoms with E-state index in [-0.39, 0.29) is 0 Å². The zero-order valence-electron chi connectivity index (χ0n) is 10.5. The van der Waals surface area contributed by atoms with Gasteiger partial charge in [0, 0.05) is 25.7 Å². The summed E-state index contributed by atoms with van der Waals surface area (Å²) in [7, 11) is 0. The van der Waals surface area contributed by atoms with Crippen LogP contribution < -0.4 is 10.2 Å². The third-order valence-corrected chi connectivity index (χ3v) is 2.93. The highest BCUT2D eigenvalue weighted by molar-refractivity contribution is 5.48. The molecule has 17 heavy (non-hydrogen) atoms. The normalized spacial score (nSPS) is 20.4. The molecule has 2 rings (SSSR count). The SMILES string of the molecule is CCNc1cc(N2CCOC(CC)C2)ncn1. The Morgan fingerprint density at radius 3 is 3.12 bits per heavy atom. The lowest BCUT2D eigenvalue weighted by molar-refractivity contribution is 0.0381. The fourth-order valence-electron chi connectivity index (χ4n) is 1.97. The zero-order chi connectivity index (χ0) is 12.1. The molecule has 0 aliphatic carbocycles. The van der Waals surface area contributed by atoms with Crippen LogP contribution in [0.1, 0.15) is 20.3 Å². The summed E-state index contributed by atoms with van der Waals surface area (Å²) in [5.41, 5.74) is 0. The molecule has 1 aliphatic rings. The van der Waals surface area contributed by atoms with E-state index < -0.39 is 0 Å². The van der Waals surface area contributed by atoms with Crippen LogP contribution >= 0.6 is 0 Å². The number of ether oxygens (including phenoxy) is 1. The molecule has 1 fully saturated rings. The Morgan fingerprint density at radius 2 is 2.35 bits per heavy atom. The van der Waals surface area contributed by atoms with Gasteiger partial charge >= 0.3 is 0 Å². The summed E-state index contributed by atoms with van der Waals surface area (Å²) in [6.07, 6.45) is 2.98. The molecule has 0 saturated carbocycles. The maximum Gasteiger partial charge on any atom is 0.134 e. The van der Waals surface area contributed by atoms with Gasteiger partial charge in [-0.3, -0.25) is 0 Å². The molecule has 1 aliphatic heterocycles. The van der Waals surface area contributed by atoms with Crippen molar-refractivity contribution in [3.05, 3.63) is 12.4 Å². The van der Waals surface area contributed by atoms with E-state index in [0.717, 1.165) is 44.3 Å². The van der Waals surface area contributed by atoms with E-state index in [1.807, 2.05) is 6.07 Å². The van der Waals surface area contributed by atoms with E-state index in [9.17, 15) is 0 Å². The molecule has 0 aromatic carbocycles. The number of hydrogen-bond donors (Lipinski definition) is 1. The lowest BCUT2D eigenvalue weighted by atomic mass is 10.2. The minimum atomic E-state index is 0.321. The van der Waals surface area contributed by atoms with Crippen LogP contribution in [0.4, 0.5) is 11.6 Å². The van der Waals surface area contributed by atoms with Crippen LogP contribution in [0.3, 0.4) is 0 Å². The number of nitrogens with zero attached hydrogens (tertiary/aromatic N) is 3. The second-order valence-electron chi connectivity index (χ2n) is 4.14. The highest BCUT2D eigenvalue weighted by Crippen LogP contribution is 2.18. The van der Waals surface area contributed by atoms with E-state index in [1.54, 1.807) is 6.33 Å². The van der Waals surface area contributed by atoms with Gasteiger partial charge in [0.25, 0.3) is 0 Å². The molecule has 0 radical (unpaired) electrons. The Morgan fingerprint density at radius 1 is 1.47 bits per heavy atom. The molecule has 0 amide bonds. The molecule has 1 unspecified atom stereocenters. The second kappa shape index (κ2) is 5.82. The van der Waals surface area contributed by atoms with Gasteiger partial charge in [0.2, 0.25) is 0 Å². The molecule has 1 atom stereocenters. The summed E-state index contributed by atoms with van der Waals surface area (Å²) in [6, 6.07) is 2.00. The predicted molar refractivity (Wildman–Crippen MR) is 68.4 cm³/mol. The monoisotopic (exact) mass is 236 g/mol. The van der Waals surface area contributed by atoms with Crippen LogP contribution in [0.15, 0.2) is 12.4 Å². The number of aromatic nitrogens is 2. The Balaban J connectivity index is 2.07. The highest BCUT2D eigenvalue weighted by atomic mass is 16.5. The van der Waals surface area contributed by atoms with E-state index in [4.69, 9.17) is 4.74 Å². The quantitative estimate of drug-likeness (QED) is 0.859. The fraction of sp³-hybridized carbons (Fsp3) is 0.667. The van der Waals surface area contributed by atoms with Gasteiger partial charge in [0.05, 0.1) is 12.7 Å². The van der Waals surface area contributed by atoms with Crippen LogP contribution in [0, 0.1) is 0 Å². The van der Waals surface area contributed by atoms with Crippen molar-refractivity contribution in [1.82, 2.24) is 9.97 Å². The van der Waals surface area contributed by atoms with Crippen LogP contribution in [0.5, 0.6) is 0 Å². The Labute approximate surface area is 102 Å². The first-order valence-corrected chi connectivity index (χ1v) is 6.26. The van der Waals surface area contributed by atoms with Crippen molar-refractivity contribution < 1.29 is 4.74 Å². The van der Waals surface area contributed by atoms with Gasteiger partial charge in [-0.25, -0.2) is 9.97 Å². The molecular weight excluding hydrogens is 216 g/mol. The lowest BCUT2D eigenvalue weighted by Gasteiger charge is -2.33. The molecule has 1 aromatic rings. The van der Waals surface area contributed by atoms with Gasteiger partial charge in [0.15, 0.2) is 0 Å². The second-order valence-corrected chi connectivity index (χ2v) is 4.14. The summed E-state index contributed by atoms with van der Waals surface area (Å²) in [4.78, 5) is 10.8. The fourth-order valence-corrected chi connectivity index (χ4v) is 1.97. The van der Waals surface area contributed by atoms with Gasteiger partial charge < -0.3 is 15.0 Å². The lowest BCUT2D eigenvalue weighted by Crippen LogP contribution is -2.42. The minimum Gasteiger partial charge on any atom is -0.375 e. The van der Waals surface area contributed by atoms with Crippen molar-refractivity contribution in [2.75, 3.05) is 36.5 Å². The minimum absolute atomic E-state index is 0.321. The summed E-state index contributed by atoms with van der Waals surface area (Å²) in [6.45, 7) is 7.68. The van der Waals surface area contributed by atoms with Gasteiger partial charge in [-0.1, -0.05) is 6.92 Å². The van der Waals surface area contributed by atoms with Crippen LogP contribution in [0.2, 0.25) is 0 Å². The number of morpholine rings is 1. The van der Waals surface area contributed by atoms with Gasteiger partial charge in [-0.15, -0.1) is 0 Å². The van der Waals surface area contributed by atoms with Crippen LogP contribution in [-0.4, -0.2) is 42.3 Å². The van der Waals surface area contributed by atoms with Crippen molar-refractivity contribution in [3.8, 4) is 0 Å². The van der Waals surface area contributed by atoms with E-state index >= 15 is 0 Å². The van der Waals surface area contributed by atoms with E-state index in [2.05, 4.69) is 34.0 Å². The Hall–Kier alpha value is -1.36. The number of rotatable bonds is 4. The first kappa shape index (κ1) is 12.1. The van der Waals surface area contributed by atoms with Gasteiger partial charge in [-0.05, 0) is 13.3 Å². The molecule has 1 N–H and O–H groups in total. The predicted octanol–water partition coefficient (Wildman–Crippen LogP) is 1.52. The average Bonchev–Trinajstić information content (AvgIpc) is 2.40. The first-order valence-electron chi connectivity index (χ1n) is 6.26. The van der Waals surface area contributed by atoms with Crippen molar-refractivity contribution in [3.63, 3.8) is 0 Å². The molecule has 0 bridgehead atoms. The number of nitrogens with one attached hydrogen (secondary N) is 1. The smallest absolute Gasteiger partial charge is 0.134 e. The summed E-state index contributed by atoms with van der Waals surface area (Å²) < 4.78 is 5.66.